The van der Waals surface area contributed by atoms with Gasteiger partial charge in [0.2, 0.25) is 5.91 Å². The number of carbonyl (C=O) groups excluding carboxylic acids is 1. The van der Waals surface area contributed by atoms with E-state index in [9.17, 15) is 9.90 Å². The summed E-state index contributed by atoms with van der Waals surface area (Å²) in [4.78, 5) is 18.1. The Bertz CT molecular complexity index is 664. The topological polar surface area (TPSA) is 79.5 Å². The highest BCUT2D eigenvalue weighted by atomic mass is 16.3. The van der Waals surface area contributed by atoms with Gasteiger partial charge in [-0.2, -0.15) is 0 Å². The standard InChI is InChI=1S/C16H19N3O2/c17-15(21)11-5-7-19(8-6-11)16-13(10-20)9-12-3-1-2-4-14(12)18-16/h1-4,9,11,20H,5-8,10H2,(H2,17,21). The summed E-state index contributed by atoms with van der Waals surface area (Å²) in [6.07, 6.45) is 1.49. The number of primary amides is 1. The van der Waals surface area contributed by atoms with Gasteiger partial charge in [-0.1, -0.05) is 18.2 Å². The highest BCUT2D eigenvalue weighted by Gasteiger charge is 2.25. The smallest absolute Gasteiger partial charge is 0.220 e. The molecule has 0 unspecified atom stereocenters. The van der Waals surface area contributed by atoms with Gasteiger partial charge in [0.15, 0.2) is 0 Å². The van der Waals surface area contributed by atoms with Crippen molar-refractivity contribution in [1.82, 2.24) is 4.98 Å². The largest absolute Gasteiger partial charge is 0.392 e. The summed E-state index contributed by atoms with van der Waals surface area (Å²) in [5, 5.41) is 10.6. The fraction of sp³-hybridized carbons (Fsp3) is 0.375. The van der Waals surface area contributed by atoms with Gasteiger partial charge in [-0.15, -0.1) is 0 Å². The third kappa shape index (κ3) is 2.69. The zero-order chi connectivity index (χ0) is 14.8. The van der Waals surface area contributed by atoms with Gasteiger partial charge in [0.05, 0.1) is 12.1 Å². The summed E-state index contributed by atoms with van der Waals surface area (Å²) in [5.41, 5.74) is 7.11. The molecule has 1 aromatic heterocycles. The van der Waals surface area contributed by atoms with Crippen LogP contribution in [0.15, 0.2) is 30.3 Å². The molecule has 1 aliphatic rings. The van der Waals surface area contributed by atoms with Crippen LogP contribution in [-0.2, 0) is 11.4 Å². The van der Waals surface area contributed by atoms with Gasteiger partial charge in [-0.25, -0.2) is 4.98 Å². The summed E-state index contributed by atoms with van der Waals surface area (Å²) >= 11 is 0. The van der Waals surface area contributed by atoms with E-state index in [4.69, 9.17) is 5.73 Å². The highest BCUT2D eigenvalue weighted by molar-refractivity contribution is 5.82. The summed E-state index contributed by atoms with van der Waals surface area (Å²) in [7, 11) is 0. The number of fused-ring (bicyclic) bond motifs is 1. The molecule has 0 atom stereocenters. The number of anilines is 1. The number of aromatic nitrogens is 1. The Morgan fingerprint density at radius 3 is 2.71 bits per heavy atom. The first kappa shape index (κ1) is 13.8. The van der Waals surface area contributed by atoms with Gasteiger partial charge >= 0.3 is 0 Å². The van der Waals surface area contributed by atoms with E-state index in [0.717, 1.165) is 48.2 Å². The molecule has 5 heteroatoms. The first-order chi connectivity index (χ1) is 10.2. The molecule has 110 valence electrons. The number of para-hydroxylation sites is 1. The SMILES string of the molecule is NC(=O)C1CCN(c2nc3ccccc3cc2CO)CC1. The lowest BCUT2D eigenvalue weighted by molar-refractivity contribution is -0.122. The van der Waals surface area contributed by atoms with Gasteiger partial charge in [-0.05, 0) is 25.0 Å². The molecule has 3 rings (SSSR count). The minimum Gasteiger partial charge on any atom is -0.392 e. The lowest BCUT2D eigenvalue weighted by atomic mass is 9.96. The first-order valence-corrected chi connectivity index (χ1v) is 7.23. The molecule has 5 nitrogen and oxygen atoms in total. The summed E-state index contributed by atoms with van der Waals surface area (Å²) in [6, 6.07) is 9.86. The fourth-order valence-corrected chi connectivity index (χ4v) is 2.92. The Balaban J connectivity index is 1.91. The van der Waals surface area contributed by atoms with Crippen LogP contribution in [0.25, 0.3) is 10.9 Å². The predicted molar refractivity (Wildman–Crippen MR) is 81.8 cm³/mol. The number of benzene rings is 1. The molecule has 0 aliphatic carbocycles. The number of hydrogen-bond acceptors (Lipinski definition) is 4. The van der Waals surface area contributed by atoms with Crippen LogP contribution < -0.4 is 10.6 Å². The summed E-state index contributed by atoms with van der Waals surface area (Å²) < 4.78 is 0. The Labute approximate surface area is 123 Å². The number of nitrogens with two attached hydrogens (primary N) is 1. The van der Waals surface area contributed by atoms with Crippen molar-refractivity contribution in [3.63, 3.8) is 0 Å². The first-order valence-electron chi connectivity index (χ1n) is 7.23. The molecule has 0 radical (unpaired) electrons. The number of rotatable bonds is 3. The van der Waals surface area contributed by atoms with E-state index in [1.165, 1.54) is 0 Å². The number of hydrogen-bond donors (Lipinski definition) is 2. The molecular formula is C16H19N3O2. The van der Waals surface area contributed by atoms with Crippen LogP contribution in [0.4, 0.5) is 5.82 Å². The van der Waals surface area contributed by atoms with E-state index in [0.29, 0.717) is 0 Å². The van der Waals surface area contributed by atoms with Gasteiger partial charge in [0, 0.05) is 30.0 Å². The minimum atomic E-state index is -0.219. The summed E-state index contributed by atoms with van der Waals surface area (Å²) in [5.74, 6) is 0.557. The maximum absolute atomic E-state index is 11.2. The van der Waals surface area contributed by atoms with Gasteiger partial charge in [0.25, 0.3) is 0 Å². The van der Waals surface area contributed by atoms with E-state index >= 15 is 0 Å². The van der Waals surface area contributed by atoms with Crippen LogP contribution in [-0.4, -0.2) is 29.1 Å². The molecule has 1 aromatic carbocycles. The van der Waals surface area contributed by atoms with E-state index < -0.39 is 0 Å². The van der Waals surface area contributed by atoms with Crippen LogP contribution >= 0.6 is 0 Å². The third-order valence-corrected chi connectivity index (χ3v) is 4.15. The van der Waals surface area contributed by atoms with Gasteiger partial charge in [-0.3, -0.25) is 4.79 Å². The van der Waals surface area contributed by atoms with Gasteiger partial charge < -0.3 is 15.7 Å². The Morgan fingerprint density at radius 2 is 2.05 bits per heavy atom. The highest BCUT2D eigenvalue weighted by Crippen LogP contribution is 2.27. The van der Waals surface area contributed by atoms with E-state index in [-0.39, 0.29) is 18.4 Å². The molecule has 2 aromatic rings. The molecule has 2 heterocycles. The molecule has 21 heavy (non-hydrogen) atoms. The number of carbonyl (C=O) groups is 1. The molecule has 0 saturated carbocycles. The molecule has 1 aliphatic heterocycles. The monoisotopic (exact) mass is 285 g/mol. The average Bonchev–Trinajstić information content (AvgIpc) is 2.53. The lowest BCUT2D eigenvalue weighted by Gasteiger charge is -2.32. The molecule has 0 bridgehead atoms. The molecule has 1 fully saturated rings. The van der Waals surface area contributed by atoms with E-state index in [2.05, 4.69) is 9.88 Å². The fourth-order valence-electron chi connectivity index (χ4n) is 2.92. The second-order valence-electron chi connectivity index (χ2n) is 5.49. The third-order valence-electron chi connectivity index (χ3n) is 4.15. The van der Waals surface area contributed by atoms with Crippen LogP contribution in [0.1, 0.15) is 18.4 Å². The zero-order valence-electron chi connectivity index (χ0n) is 11.8. The molecule has 1 saturated heterocycles. The van der Waals surface area contributed by atoms with Crippen molar-refractivity contribution < 1.29 is 9.90 Å². The number of nitrogens with zero attached hydrogens (tertiary/aromatic N) is 2. The van der Waals surface area contributed by atoms with Crippen molar-refractivity contribution >= 4 is 22.6 Å². The molecule has 3 N–H and O–H groups in total. The number of pyridine rings is 1. The van der Waals surface area contributed by atoms with E-state index in [1.54, 1.807) is 0 Å². The van der Waals surface area contributed by atoms with Crippen molar-refractivity contribution in [3.05, 3.63) is 35.9 Å². The average molecular weight is 285 g/mol. The zero-order valence-corrected chi connectivity index (χ0v) is 11.8. The minimum absolute atomic E-state index is 0.0388. The Hall–Kier alpha value is -2.14. The normalized spacial score (nSPS) is 16.3. The van der Waals surface area contributed by atoms with Crippen LogP contribution in [0.2, 0.25) is 0 Å². The maximum Gasteiger partial charge on any atom is 0.220 e. The van der Waals surface area contributed by atoms with Crippen molar-refractivity contribution in [1.29, 1.82) is 0 Å². The quantitative estimate of drug-likeness (QED) is 0.894. The number of amides is 1. The number of aliphatic hydroxyl groups excluding tert-OH is 1. The van der Waals surface area contributed by atoms with Crippen LogP contribution in [0.5, 0.6) is 0 Å². The van der Waals surface area contributed by atoms with E-state index in [1.807, 2.05) is 30.3 Å². The van der Waals surface area contributed by atoms with Crippen molar-refractivity contribution in [3.8, 4) is 0 Å². The number of piperidine rings is 1. The predicted octanol–water partition coefficient (Wildman–Crippen LogP) is 1.43. The maximum atomic E-state index is 11.2. The molecule has 1 amide bonds. The van der Waals surface area contributed by atoms with Crippen molar-refractivity contribution in [2.45, 2.75) is 19.4 Å². The second kappa shape index (κ2) is 5.69. The molecular weight excluding hydrogens is 266 g/mol. The van der Waals surface area contributed by atoms with Crippen molar-refractivity contribution in [2.24, 2.45) is 11.7 Å². The van der Waals surface area contributed by atoms with Crippen LogP contribution in [0.3, 0.4) is 0 Å². The Morgan fingerprint density at radius 1 is 1.33 bits per heavy atom. The van der Waals surface area contributed by atoms with Crippen LogP contribution in [0, 0.1) is 5.92 Å². The molecule has 0 spiro atoms. The second-order valence-corrected chi connectivity index (χ2v) is 5.49. The van der Waals surface area contributed by atoms with Crippen molar-refractivity contribution in [2.75, 3.05) is 18.0 Å². The number of aliphatic hydroxyl groups is 1. The summed E-state index contributed by atoms with van der Waals surface area (Å²) in [6.45, 7) is 1.45. The Kier molecular flexibility index (Phi) is 3.75. The lowest BCUT2D eigenvalue weighted by Crippen LogP contribution is -2.39. The van der Waals surface area contributed by atoms with Gasteiger partial charge in [0.1, 0.15) is 5.82 Å².